The molecular formula is C28H22O4SiZr. The quantitative estimate of drug-likeness (QED) is 0.204. The Kier molecular flexibility index (Phi) is 11.7. The standard InChI is InChI=1S/2C14H10O2.H2Si.Zr/c2*15-13(11-7-3-1-4-8-11)14(16)12-9-5-2-6-10-12;;/h2*1-10H;1H2;. The number of benzene rings is 4. The molecule has 0 fully saturated rings. The molecular weight excluding hydrogens is 520 g/mol. The maximum atomic E-state index is 11.8. The van der Waals surface area contributed by atoms with Gasteiger partial charge in [0.25, 0.3) is 0 Å². The Morgan fingerprint density at radius 2 is 0.500 bits per heavy atom. The molecule has 4 aromatic rings. The van der Waals surface area contributed by atoms with E-state index in [2.05, 4.69) is 0 Å². The number of carbonyl (C=O) groups excluding carboxylic acids is 4. The van der Waals surface area contributed by atoms with Crippen LogP contribution in [-0.2, 0) is 23.3 Å². The third-order valence-electron chi connectivity index (χ3n) is 4.56. The summed E-state index contributed by atoms with van der Waals surface area (Å²) in [5.74, 6) is -1.86. The second-order valence-corrected chi connectivity index (χ2v) is 6.78. The van der Waals surface area contributed by atoms with Crippen molar-refractivity contribution in [1.82, 2.24) is 0 Å². The van der Waals surface area contributed by atoms with Crippen molar-refractivity contribution in [2.75, 3.05) is 0 Å². The number of rotatable bonds is 6. The second kappa shape index (κ2) is 14.7. The molecule has 6 heteroatoms. The zero-order chi connectivity index (χ0) is 24.8. The molecule has 166 valence electrons. The first kappa shape index (κ1) is 26.9. The Morgan fingerprint density at radius 1 is 0.353 bits per heavy atom. The van der Waals surface area contributed by atoms with E-state index in [0.717, 1.165) is 0 Å². The monoisotopic (exact) mass is 540 g/mol. The summed E-state index contributed by atoms with van der Waals surface area (Å²) in [7, 11) is 0. The van der Waals surface area contributed by atoms with E-state index < -0.39 is 23.1 Å². The van der Waals surface area contributed by atoms with Crippen LogP contribution in [0.25, 0.3) is 0 Å². The molecule has 4 nitrogen and oxygen atoms in total. The maximum absolute atomic E-state index is 11.8. The fraction of sp³-hybridized carbons (Fsp3) is 0. The Hall–Kier alpha value is -3.34. The van der Waals surface area contributed by atoms with E-state index in [1.807, 2.05) is 31.1 Å². The third-order valence-corrected chi connectivity index (χ3v) is 4.56. The summed E-state index contributed by atoms with van der Waals surface area (Å²) >= 11 is 1.58. The normalized spacial score (nSPS) is 9.26. The van der Waals surface area contributed by atoms with Gasteiger partial charge in [0.15, 0.2) is 0 Å². The van der Waals surface area contributed by atoms with Crippen LogP contribution in [0.1, 0.15) is 41.4 Å². The van der Waals surface area contributed by atoms with Gasteiger partial charge in [-0.15, -0.1) is 0 Å². The summed E-state index contributed by atoms with van der Waals surface area (Å²) in [6.07, 6.45) is 0. The van der Waals surface area contributed by atoms with Crippen LogP contribution in [0, 0.1) is 0 Å². The molecule has 34 heavy (non-hydrogen) atoms. The van der Waals surface area contributed by atoms with Gasteiger partial charge in [-0.25, -0.2) is 0 Å². The summed E-state index contributed by atoms with van der Waals surface area (Å²) < 4.78 is 0. The Balaban J connectivity index is 0.000000224. The van der Waals surface area contributed by atoms with E-state index >= 15 is 0 Å². The molecule has 0 amide bonds. The van der Waals surface area contributed by atoms with E-state index in [9.17, 15) is 19.2 Å². The van der Waals surface area contributed by atoms with E-state index in [4.69, 9.17) is 0 Å². The van der Waals surface area contributed by atoms with Gasteiger partial charge in [-0.1, -0.05) is 121 Å². The van der Waals surface area contributed by atoms with Crippen molar-refractivity contribution in [3.8, 4) is 0 Å². The van der Waals surface area contributed by atoms with Gasteiger partial charge in [-0.2, -0.15) is 0 Å². The van der Waals surface area contributed by atoms with Gasteiger partial charge >= 0.3 is 30.2 Å². The molecule has 0 radical (unpaired) electrons. The van der Waals surface area contributed by atoms with Gasteiger partial charge in [0.05, 0.1) is 0 Å². The summed E-state index contributed by atoms with van der Waals surface area (Å²) in [6.45, 7) is 1.95. The van der Waals surface area contributed by atoms with Crippen molar-refractivity contribution in [2.45, 2.75) is 0 Å². The van der Waals surface area contributed by atoms with Crippen molar-refractivity contribution >= 4 is 30.0 Å². The van der Waals surface area contributed by atoms with Crippen LogP contribution in [-0.4, -0.2) is 30.0 Å². The zero-order valence-electron chi connectivity index (χ0n) is 18.4. The van der Waals surface area contributed by atoms with Crippen LogP contribution in [0.2, 0.25) is 0 Å². The Bertz CT molecular complexity index is 1030. The molecule has 0 aliphatic heterocycles. The molecule has 0 spiro atoms. The Morgan fingerprint density at radius 3 is 0.647 bits per heavy atom. The Labute approximate surface area is 215 Å². The van der Waals surface area contributed by atoms with Crippen LogP contribution in [0.3, 0.4) is 0 Å². The molecule has 0 atom stereocenters. The van der Waals surface area contributed by atoms with E-state index in [1.165, 1.54) is 0 Å². The molecule has 0 saturated heterocycles. The molecule has 0 aliphatic carbocycles. The van der Waals surface area contributed by atoms with Gasteiger partial charge < -0.3 is 0 Å². The minimum atomic E-state index is -0.466. The van der Waals surface area contributed by atoms with Crippen molar-refractivity contribution in [3.63, 3.8) is 0 Å². The number of carbonyl (C=O) groups is 4. The SMILES string of the molecule is O=C(C(=O)c1ccccc1)c1ccccc1.O=C(C(=O)c1ccccc1)c1ccccc1.[SiH2]=[Zr]. The second-order valence-electron chi connectivity index (χ2n) is 6.78. The van der Waals surface area contributed by atoms with Crippen LogP contribution in [0.5, 0.6) is 0 Å². The summed E-state index contributed by atoms with van der Waals surface area (Å²) in [5, 5.41) is 0. The number of ketones is 4. The predicted octanol–water partition coefficient (Wildman–Crippen LogP) is 4.59. The fourth-order valence-corrected chi connectivity index (χ4v) is 2.88. The van der Waals surface area contributed by atoms with Gasteiger partial charge in [0, 0.05) is 22.3 Å². The van der Waals surface area contributed by atoms with Crippen molar-refractivity contribution in [1.29, 1.82) is 0 Å². The molecule has 0 N–H and O–H groups in total. The molecule has 4 rings (SSSR count). The first-order chi connectivity index (χ1) is 16.6. The number of hydrogen-bond donors (Lipinski definition) is 0. The van der Waals surface area contributed by atoms with Crippen LogP contribution >= 0.6 is 0 Å². The fourth-order valence-electron chi connectivity index (χ4n) is 2.88. The molecule has 0 heterocycles. The van der Waals surface area contributed by atoms with E-state index in [1.54, 1.807) is 120 Å². The average molecular weight is 542 g/mol. The number of hydrogen-bond acceptors (Lipinski definition) is 4. The van der Waals surface area contributed by atoms with Crippen LogP contribution < -0.4 is 0 Å². The predicted molar refractivity (Wildman–Crippen MR) is 132 cm³/mol. The van der Waals surface area contributed by atoms with Gasteiger partial charge in [0.1, 0.15) is 0 Å². The van der Waals surface area contributed by atoms with E-state index in [-0.39, 0.29) is 0 Å². The first-order valence-electron chi connectivity index (χ1n) is 10.3. The average Bonchev–Trinajstić information content (AvgIpc) is 2.94. The first-order valence-corrected chi connectivity index (χ1v) is 16.2. The minimum absolute atomic E-state index is 0.427. The van der Waals surface area contributed by atoms with Crippen molar-refractivity contribution < 1.29 is 42.5 Å². The van der Waals surface area contributed by atoms with Crippen molar-refractivity contribution in [2.24, 2.45) is 0 Å². The van der Waals surface area contributed by atoms with Gasteiger partial charge in [0.2, 0.25) is 23.1 Å². The molecule has 0 aliphatic rings. The molecule has 0 unspecified atom stereocenters. The van der Waals surface area contributed by atoms with Gasteiger partial charge in [-0.05, 0) is 0 Å². The van der Waals surface area contributed by atoms with Crippen LogP contribution in [0.15, 0.2) is 121 Å². The summed E-state index contributed by atoms with van der Waals surface area (Å²) in [6, 6.07) is 34.3. The topological polar surface area (TPSA) is 68.3 Å². The zero-order valence-corrected chi connectivity index (χ0v) is 22.3. The van der Waals surface area contributed by atoms with Gasteiger partial charge in [-0.3, -0.25) is 19.2 Å². The third kappa shape index (κ3) is 7.91. The molecule has 0 saturated carbocycles. The molecule has 0 aromatic heterocycles. The molecule has 4 aromatic carbocycles. The summed E-state index contributed by atoms with van der Waals surface area (Å²) in [4.78, 5) is 47.2. The number of Topliss-reactive ketones (excluding diaryl/α,β-unsaturated/α-hetero) is 4. The molecule has 0 bridgehead atoms. The van der Waals surface area contributed by atoms with Crippen LogP contribution in [0.4, 0.5) is 0 Å². The van der Waals surface area contributed by atoms with Crippen molar-refractivity contribution in [3.05, 3.63) is 144 Å². The van der Waals surface area contributed by atoms with E-state index in [0.29, 0.717) is 22.3 Å². The summed E-state index contributed by atoms with van der Waals surface area (Å²) in [5.41, 5.74) is 1.71.